The Labute approximate surface area is 262 Å². The summed E-state index contributed by atoms with van der Waals surface area (Å²) in [5.41, 5.74) is 13.4. The van der Waals surface area contributed by atoms with Crippen molar-refractivity contribution in [2.75, 3.05) is 5.32 Å². The van der Waals surface area contributed by atoms with Gasteiger partial charge in [-0.1, -0.05) is 146 Å². The first-order valence-corrected chi connectivity index (χ1v) is 15.4. The van der Waals surface area contributed by atoms with E-state index in [0.717, 1.165) is 44.4 Å². The lowest BCUT2D eigenvalue weighted by Crippen LogP contribution is -2.28. The van der Waals surface area contributed by atoms with Crippen molar-refractivity contribution in [1.82, 2.24) is 0 Å². The molecule has 0 unspecified atom stereocenters. The first kappa shape index (κ1) is 25.6. The topological polar surface area (TPSA) is 25.2 Å². The molecule has 1 aromatic heterocycles. The van der Waals surface area contributed by atoms with E-state index in [1.165, 1.54) is 33.4 Å². The molecule has 212 valence electrons. The average molecular weight is 576 g/mol. The third-order valence-corrected chi connectivity index (χ3v) is 9.36. The van der Waals surface area contributed by atoms with E-state index in [1.54, 1.807) is 0 Å². The highest BCUT2D eigenvalue weighted by atomic mass is 16.3. The Bertz CT molecular complexity index is 2290. The molecular weight excluding hydrogens is 546 g/mol. The zero-order chi connectivity index (χ0) is 29.8. The average Bonchev–Trinajstić information content (AvgIpc) is 3.64. The van der Waals surface area contributed by atoms with Crippen LogP contribution in [0.15, 0.2) is 174 Å². The number of benzene rings is 7. The number of rotatable bonds is 5. The van der Waals surface area contributed by atoms with E-state index >= 15 is 0 Å². The number of nitrogens with one attached hydrogen (secondary N) is 1. The van der Waals surface area contributed by atoms with Crippen LogP contribution >= 0.6 is 0 Å². The van der Waals surface area contributed by atoms with Gasteiger partial charge in [-0.15, -0.1) is 0 Å². The summed E-state index contributed by atoms with van der Waals surface area (Å²) in [6.45, 7) is 0. The molecule has 0 radical (unpaired) electrons. The van der Waals surface area contributed by atoms with Gasteiger partial charge < -0.3 is 9.73 Å². The minimum Gasteiger partial charge on any atom is -0.455 e. The van der Waals surface area contributed by atoms with Crippen LogP contribution in [0, 0.1) is 0 Å². The summed E-state index contributed by atoms with van der Waals surface area (Å²) in [4.78, 5) is 0. The van der Waals surface area contributed by atoms with E-state index in [0.29, 0.717) is 0 Å². The monoisotopic (exact) mass is 575 g/mol. The Balaban J connectivity index is 1.16. The van der Waals surface area contributed by atoms with Crippen molar-refractivity contribution >= 4 is 33.3 Å². The van der Waals surface area contributed by atoms with Gasteiger partial charge >= 0.3 is 0 Å². The molecule has 0 atom stereocenters. The summed E-state index contributed by atoms with van der Waals surface area (Å²) in [5.74, 6) is 0. The molecule has 0 spiro atoms. The second-order valence-electron chi connectivity index (χ2n) is 11.7. The molecule has 0 bridgehead atoms. The SMILES string of the molecule is c1ccc(C2(c3ccccc3)c3ccccc3-c3c(Nc4ccc(-c5cccc6c5oc5ccccc56)cc4)cccc32)cc1. The van der Waals surface area contributed by atoms with Gasteiger partial charge in [0.1, 0.15) is 11.2 Å². The fourth-order valence-electron chi connectivity index (χ4n) is 7.46. The molecule has 0 amide bonds. The summed E-state index contributed by atoms with van der Waals surface area (Å²) >= 11 is 0. The molecule has 7 aromatic carbocycles. The number of hydrogen-bond donors (Lipinski definition) is 1. The zero-order valence-corrected chi connectivity index (χ0v) is 24.6. The van der Waals surface area contributed by atoms with Gasteiger partial charge in [0.25, 0.3) is 0 Å². The molecule has 0 aliphatic heterocycles. The van der Waals surface area contributed by atoms with Crippen molar-refractivity contribution in [2.24, 2.45) is 0 Å². The number of furan rings is 1. The summed E-state index contributed by atoms with van der Waals surface area (Å²) in [7, 11) is 0. The van der Waals surface area contributed by atoms with E-state index in [1.807, 2.05) is 12.1 Å². The molecule has 2 heteroatoms. The molecule has 1 aliphatic rings. The van der Waals surface area contributed by atoms with E-state index in [-0.39, 0.29) is 0 Å². The van der Waals surface area contributed by atoms with Crippen LogP contribution in [0.1, 0.15) is 22.3 Å². The highest BCUT2D eigenvalue weighted by molar-refractivity contribution is 6.09. The first-order valence-electron chi connectivity index (χ1n) is 15.4. The van der Waals surface area contributed by atoms with Gasteiger partial charge in [-0.25, -0.2) is 0 Å². The van der Waals surface area contributed by atoms with Gasteiger partial charge in [0, 0.05) is 33.3 Å². The maximum atomic E-state index is 6.32. The first-order chi connectivity index (χ1) is 22.3. The quantitative estimate of drug-likeness (QED) is 0.221. The molecule has 1 aliphatic carbocycles. The minimum atomic E-state index is -0.415. The smallest absolute Gasteiger partial charge is 0.143 e. The van der Waals surface area contributed by atoms with Crippen LogP contribution in [0.3, 0.4) is 0 Å². The Morgan fingerprint density at radius 2 is 1.04 bits per heavy atom. The second kappa shape index (κ2) is 10.1. The molecule has 0 saturated heterocycles. The number of fused-ring (bicyclic) bond motifs is 6. The van der Waals surface area contributed by atoms with Gasteiger partial charge in [-0.05, 0) is 57.6 Å². The van der Waals surface area contributed by atoms with Crippen molar-refractivity contribution in [3.63, 3.8) is 0 Å². The Morgan fingerprint density at radius 3 is 1.82 bits per heavy atom. The van der Waals surface area contributed by atoms with Crippen molar-refractivity contribution in [3.05, 3.63) is 192 Å². The standard InChI is InChI=1S/C43H29NO/c1-3-13-30(14-4-1)43(31-15-5-2-6-16-31)37-21-9-7-18-36(37)41-38(43)22-12-23-39(41)44-32-27-25-29(26-28-32)33-19-11-20-35-34-17-8-10-24-40(34)45-42(33)35/h1-28,44H. The highest BCUT2D eigenvalue weighted by Gasteiger charge is 2.46. The lowest BCUT2D eigenvalue weighted by Gasteiger charge is -2.33. The van der Waals surface area contributed by atoms with E-state index < -0.39 is 5.41 Å². The summed E-state index contributed by atoms with van der Waals surface area (Å²) in [6.07, 6.45) is 0. The van der Waals surface area contributed by atoms with E-state index in [4.69, 9.17) is 4.42 Å². The van der Waals surface area contributed by atoms with E-state index in [2.05, 4.69) is 163 Å². The molecule has 0 saturated carbocycles. The van der Waals surface area contributed by atoms with Crippen LogP contribution in [0.2, 0.25) is 0 Å². The van der Waals surface area contributed by atoms with E-state index in [9.17, 15) is 0 Å². The molecule has 0 fully saturated rings. The Morgan fingerprint density at radius 1 is 0.444 bits per heavy atom. The maximum Gasteiger partial charge on any atom is 0.143 e. The largest absolute Gasteiger partial charge is 0.455 e. The van der Waals surface area contributed by atoms with Gasteiger partial charge in [0.15, 0.2) is 0 Å². The molecular formula is C43H29NO. The molecule has 2 nitrogen and oxygen atoms in total. The predicted molar refractivity (Wildman–Crippen MR) is 186 cm³/mol. The summed E-state index contributed by atoms with van der Waals surface area (Å²) < 4.78 is 6.32. The van der Waals surface area contributed by atoms with Crippen molar-refractivity contribution in [3.8, 4) is 22.3 Å². The molecule has 45 heavy (non-hydrogen) atoms. The third-order valence-electron chi connectivity index (χ3n) is 9.36. The predicted octanol–water partition coefficient (Wildman–Crippen LogP) is 11.4. The van der Waals surface area contributed by atoms with Crippen molar-refractivity contribution < 1.29 is 4.42 Å². The van der Waals surface area contributed by atoms with Gasteiger partial charge in [0.05, 0.1) is 5.41 Å². The molecule has 1 N–H and O–H groups in total. The van der Waals surface area contributed by atoms with Crippen LogP contribution < -0.4 is 5.32 Å². The Kier molecular flexibility index (Phi) is 5.76. The van der Waals surface area contributed by atoms with Crippen LogP contribution in [-0.2, 0) is 5.41 Å². The fourth-order valence-corrected chi connectivity index (χ4v) is 7.46. The van der Waals surface area contributed by atoms with Crippen molar-refractivity contribution in [1.29, 1.82) is 0 Å². The van der Waals surface area contributed by atoms with Crippen LogP contribution in [0.5, 0.6) is 0 Å². The molecule has 9 rings (SSSR count). The zero-order valence-electron chi connectivity index (χ0n) is 24.6. The van der Waals surface area contributed by atoms with Crippen molar-refractivity contribution in [2.45, 2.75) is 5.41 Å². The van der Waals surface area contributed by atoms with Crippen LogP contribution in [-0.4, -0.2) is 0 Å². The number of anilines is 2. The Hall–Kier alpha value is -5.86. The molecule has 8 aromatic rings. The van der Waals surface area contributed by atoms with Crippen LogP contribution in [0.25, 0.3) is 44.2 Å². The third kappa shape index (κ3) is 3.82. The summed E-state index contributed by atoms with van der Waals surface area (Å²) in [5, 5.41) is 6.09. The second-order valence-corrected chi connectivity index (χ2v) is 11.7. The molecule has 1 heterocycles. The maximum absolute atomic E-state index is 6.32. The van der Waals surface area contributed by atoms with Gasteiger partial charge in [-0.2, -0.15) is 0 Å². The number of hydrogen-bond acceptors (Lipinski definition) is 2. The van der Waals surface area contributed by atoms with Gasteiger partial charge in [0.2, 0.25) is 0 Å². The van der Waals surface area contributed by atoms with Gasteiger partial charge in [-0.3, -0.25) is 0 Å². The summed E-state index contributed by atoms with van der Waals surface area (Å²) in [6, 6.07) is 60.7. The normalized spacial score (nSPS) is 13.1. The lowest BCUT2D eigenvalue weighted by atomic mass is 9.68. The minimum absolute atomic E-state index is 0.415. The highest BCUT2D eigenvalue weighted by Crippen LogP contribution is 2.58. The number of para-hydroxylation sites is 2. The lowest BCUT2D eigenvalue weighted by molar-refractivity contribution is 0.670. The van der Waals surface area contributed by atoms with Crippen LogP contribution in [0.4, 0.5) is 11.4 Å². The fraction of sp³-hybridized carbons (Fsp3) is 0.0233.